The molecule has 6 nitrogen and oxygen atoms in total. The average molecular weight is 381 g/mol. The molecule has 1 aromatic heterocycles. The molecule has 1 aromatic carbocycles. The van der Waals surface area contributed by atoms with E-state index in [-0.39, 0.29) is 16.9 Å². The van der Waals surface area contributed by atoms with Crippen molar-refractivity contribution in [3.05, 3.63) is 59.4 Å². The number of carbonyl (C=O) groups is 2. The van der Waals surface area contributed by atoms with Crippen LogP contribution in [0.1, 0.15) is 32.8 Å². The first-order valence-corrected chi connectivity index (χ1v) is 8.03. The zero-order valence-corrected chi connectivity index (χ0v) is 14.5. The maximum absolute atomic E-state index is 12.6. The molecule has 0 saturated heterocycles. The number of hydrogen-bond donors (Lipinski definition) is 2. The van der Waals surface area contributed by atoms with E-state index in [1.807, 2.05) is 0 Å². The lowest BCUT2D eigenvalue weighted by Gasteiger charge is -2.09. The predicted octanol–water partition coefficient (Wildman–Crippen LogP) is 3.12. The van der Waals surface area contributed by atoms with Crippen LogP contribution in [0.25, 0.3) is 0 Å². The summed E-state index contributed by atoms with van der Waals surface area (Å²) >= 11 is 0. The summed E-state index contributed by atoms with van der Waals surface area (Å²) < 4.78 is 42.6. The Morgan fingerprint density at radius 3 is 2.44 bits per heavy atom. The van der Waals surface area contributed by atoms with Crippen LogP contribution in [0.4, 0.5) is 18.9 Å². The Balaban J connectivity index is 2.01. The first-order chi connectivity index (χ1) is 12.8. The van der Waals surface area contributed by atoms with Gasteiger partial charge in [-0.15, -0.1) is 0 Å². The normalized spacial score (nSPS) is 11.1. The molecule has 0 unspecified atom stereocenters. The largest absolute Gasteiger partial charge is 0.416 e. The molecule has 0 fully saturated rings. The highest BCUT2D eigenvalue weighted by Gasteiger charge is 2.30. The summed E-state index contributed by atoms with van der Waals surface area (Å²) in [5.74, 6) is -0.999. The van der Waals surface area contributed by atoms with Gasteiger partial charge < -0.3 is 15.4 Å². The first-order valence-electron chi connectivity index (χ1n) is 8.03. The van der Waals surface area contributed by atoms with Gasteiger partial charge in [0, 0.05) is 37.7 Å². The molecular weight excluding hydrogens is 363 g/mol. The van der Waals surface area contributed by atoms with Crippen LogP contribution in [0.3, 0.4) is 0 Å². The number of amides is 2. The van der Waals surface area contributed by atoms with E-state index in [0.717, 1.165) is 24.3 Å². The molecule has 144 valence electrons. The first kappa shape index (κ1) is 20.4. The summed E-state index contributed by atoms with van der Waals surface area (Å²) in [5.41, 5.74) is -0.383. The van der Waals surface area contributed by atoms with Gasteiger partial charge in [-0.2, -0.15) is 13.2 Å². The van der Waals surface area contributed by atoms with Crippen molar-refractivity contribution >= 4 is 17.5 Å². The standard InChI is InChI=1S/C18H18F3N3O3/c1-27-10-2-8-23-17(26)15-11-12(7-9-22-15)16(25)24-14-5-3-13(4-6-14)18(19,20)21/h3-7,9,11H,2,8,10H2,1H3,(H,23,26)(H,24,25). The molecule has 0 aliphatic carbocycles. The van der Waals surface area contributed by atoms with Crippen LogP contribution in [0.5, 0.6) is 0 Å². The third kappa shape index (κ3) is 6.07. The molecular formula is C18H18F3N3O3. The Morgan fingerprint density at radius 2 is 1.81 bits per heavy atom. The van der Waals surface area contributed by atoms with Gasteiger partial charge in [-0.3, -0.25) is 14.6 Å². The number of benzene rings is 1. The van der Waals surface area contributed by atoms with Gasteiger partial charge in [-0.05, 0) is 42.8 Å². The maximum atomic E-state index is 12.6. The van der Waals surface area contributed by atoms with Crippen molar-refractivity contribution in [2.45, 2.75) is 12.6 Å². The van der Waals surface area contributed by atoms with Crippen molar-refractivity contribution in [3.8, 4) is 0 Å². The number of ether oxygens (including phenoxy) is 1. The van der Waals surface area contributed by atoms with Gasteiger partial charge in [0.05, 0.1) is 5.56 Å². The van der Waals surface area contributed by atoms with Crippen LogP contribution in [-0.2, 0) is 10.9 Å². The Bertz CT molecular complexity index is 792. The van der Waals surface area contributed by atoms with Crippen molar-refractivity contribution in [3.63, 3.8) is 0 Å². The molecule has 2 amide bonds. The molecule has 0 bridgehead atoms. The maximum Gasteiger partial charge on any atom is 0.416 e. The fraction of sp³-hybridized carbons (Fsp3) is 0.278. The summed E-state index contributed by atoms with van der Waals surface area (Å²) in [7, 11) is 1.56. The van der Waals surface area contributed by atoms with Gasteiger partial charge in [0.1, 0.15) is 5.69 Å². The number of nitrogens with one attached hydrogen (secondary N) is 2. The number of alkyl halides is 3. The fourth-order valence-corrected chi connectivity index (χ4v) is 2.15. The van der Waals surface area contributed by atoms with E-state index in [4.69, 9.17) is 4.74 Å². The molecule has 1 heterocycles. The summed E-state index contributed by atoms with van der Waals surface area (Å²) in [4.78, 5) is 28.2. The molecule has 9 heteroatoms. The summed E-state index contributed by atoms with van der Waals surface area (Å²) in [6, 6.07) is 6.78. The number of methoxy groups -OCH3 is 1. The lowest BCUT2D eigenvalue weighted by molar-refractivity contribution is -0.137. The number of carbonyl (C=O) groups excluding carboxylic acids is 2. The zero-order valence-electron chi connectivity index (χ0n) is 14.5. The third-order valence-corrected chi connectivity index (χ3v) is 3.54. The van der Waals surface area contributed by atoms with Crippen molar-refractivity contribution in [1.82, 2.24) is 10.3 Å². The Hall–Kier alpha value is -2.94. The van der Waals surface area contributed by atoms with Crippen LogP contribution in [0, 0.1) is 0 Å². The fourth-order valence-electron chi connectivity index (χ4n) is 2.15. The van der Waals surface area contributed by atoms with Gasteiger partial charge in [0.25, 0.3) is 11.8 Å². The van der Waals surface area contributed by atoms with E-state index in [1.165, 1.54) is 18.3 Å². The Morgan fingerprint density at radius 1 is 1.11 bits per heavy atom. The van der Waals surface area contributed by atoms with Gasteiger partial charge in [-0.25, -0.2) is 0 Å². The number of anilines is 1. The number of rotatable bonds is 7. The van der Waals surface area contributed by atoms with Gasteiger partial charge in [0.2, 0.25) is 0 Å². The molecule has 27 heavy (non-hydrogen) atoms. The van der Waals surface area contributed by atoms with Crippen LogP contribution >= 0.6 is 0 Å². The molecule has 2 N–H and O–H groups in total. The monoisotopic (exact) mass is 381 g/mol. The van der Waals surface area contributed by atoms with Crippen LogP contribution < -0.4 is 10.6 Å². The van der Waals surface area contributed by atoms with Crippen LogP contribution in [-0.4, -0.2) is 37.1 Å². The molecule has 2 aromatic rings. The van der Waals surface area contributed by atoms with Crippen molar-refractivity contribution in [2.75, 3.05) is 25.6 Å². The van der Waals surface area contributed by atoms with E-state index in [1.54, 1.807) is 7.11 Å². The molecule has 0 aliphatic rings. The summed E-state index contributed by atoms with van der Waals surface area (Å²) in [6.45, 7) is 0.902. The summed E-state index contributed by atoms with van der Waals surface area (Å²) in [6.07, 6.45) is -2.50. The van der Waals surface area contributed by atoms with Crippen molar-refractivity contribution in [1.29, 1.82) is 0 Å². The quantitative estimate of drug-likeness (QED) is 0.723. The lowest BCUT2D eigenvalue weighted by atomic mass is 10.1. The predicted molar refractivity (Wildman–Crippen MR) is 92.5 cm³/mol. The highest BCUT2D eigenvalue weighted by molar-refractivity contribution is 6.05. The Labute approximate surface area is 153 Å². The second-order valence-electron chi connectivity index (χ2n) is 5.56. The minimum Gasteiger partial charge on any atom is -0.385 e. The minimum absolute atomic E-state index is 0.0625. The molecule has 0 radical (unpaired) electrons. The minimum atomic E-state index is -4.45. The van der Waals surface area contributed by atoms with E-state index in [0.29, 0.717) is 19.6 Å². The smallest absolute Gasteiger partial charge is 0.385 e. The van der Waals surface area contributed by atoms with E-state index in [2.05, 4.69) is 15.6 Å². The number of halogens is 3. The molecule has 2 rings (SSSR count). The molecule has 0 aliphatic heterocycles. The number of nitrogens with zero attached hydrogens (tertiary/aromatic N) is 1. The number of aromatic nitrogens is 1. The third-order valence-electron chi connectivity index (χ3n) is 3.54. The van der Waals surface area contributed by atoms with Gasteiger partial charge in [-0.1, -0.05) is 0 Å². The van der Waals surface area contributed by atoms with E-state index >= 15 is 0 Å². The molecule has 0 spiro atoms. The topological polar surface area (TPSA) is 80.3 Å². The van der Waals surface area contributed by atoms with E-state index in [9.17, 15) is 22.8 Å². The van der Waals surface area contributed by atoms with E-state index < -0.39 is 23.6 Å². The number of pyridine rings is 1. The second-order valence-corrected chi connectivity index (χ2v) is 5.56. The van der Waals surface area contributed by atoms with Crippen LogP contribution in [0.2, 0.25) is 0 Å². The lowest BCUT2D eigenvalue weighted by Crippen LogP contribution is -2.26. The van der Waals surface area contributed by atoms with Crippen LogP contribution in [0.15, 0.2) is 42.6 Å². The summed E-state index contributed by atoms with van der Waals surface area (Å²) in [5, 5.41) is 5.13. The van der Waals surface area contributed by atoms with Gasteiger partial charge in [0.15, 0.2) is 0 Å². The number of hydrogen-bond acceptors (Lipinski definition) is 4. The van der Waals surface area contributed by atoms with Crippen molar-refractivity contribution in [2.24, 2.45) is 0 Å². The Kier molecular flexibility index (Phi) is 6.89. The van der Waals surface area contributed by atoms with Gasteiger partial charge >= 0.3 is 6.18 Å². The highest BCUT2D eigenvalue weighted by atomic mass is 19.4. The molecule has 0 saturated carbocycles. The average Bonchev–Trinajstić information content (AvgIpc) is 2.65. The second kappa shape index (κ2) is 9.13. The molecule has 0 atom stereocenters. The zero-order chi connectivity index (χ0) is 19.9. The van der Waals surface area contributed by atoms with Crippen molar-refractivity contribution < 1.29 is 27.5 Å². The highest BCUT2D eigenvalue weighted by Crippen LogP contribution is 2.29. The SMILES string of the molecule is COCCCNC(=O)c1cc(C(=O)Nc2ccc(C(F)(F)F)cc2)ccn1.